The number of carbonyl (C=O) groups is 1. The molecule has 1 aromatic heterocycles. The summed E-state index contributed by atoms with van der Waals surface area (Å²) in [5, 5.41) is 15.3. The summed E-state index contributed by atoms with van der Waals surface area (Å²) in [7, 11) is 2.85. The van der Waals surface area contributed by atoms with Gasteiger partial charge in [-0.1, -0.05) is 0 Å². The zero-order valence-electron chi connectivity index (χ0n) is 9.51. The van der Waals surface area contributed by atoms with Crippen molar-refractivity contribution in [1.29, 1.82) is 0 Å². The minimum absolute atomic E-state index is 0.0975. The van der Waals surface area contributed by atoms with Gasteiger partial charge in [-0.05, 0) is 15.9 Å². The third-order valence-corrected chi connectivity index (χ3v) is 3.34. The lowest BCUT2D eigenvalue weighted by Crippen LogP contribution is -2.05. The fraction of sp³-hybridized carbons (Fsp3) is 0.200. The number of methoxy groups -OCH3 is 1. The monoisotopic (exact) mass is 313 g/mol. The Bertz CT molecular complexity index is 665. The Morgan fingerprint density at radius 1 is 1.61 bits per heavy atom. The fourth-order valence-corrected chi connectivity index (χ4v) is 2.45. The van der Waals surface area contributed by atoms with Crippen molar-refractivity contribution in [1.82, 2.24) is 9.78 Å². The van der Waals surface area contributed by atoms with E-state index in [4.69, 9.17) is 0 Å². The number of nitro benzene ring substituents is 1. The number of nitrogens with zero attached hydrogens (tertiary/aromatic N) is 3. The first-order valence-corrected chi connectivity index (χ1v) is 5.63. The van der Waals surface area contributed by atoms with E-state index >= 15 is 0 Å². The van der Waals surface area contributed by atoms with Crippen LogP contribution in [0.15, 0.2) is 16.7 Å². The van der Waals surface area contributed by atoms with Crippen molar-refractivity contribution in [3.8, 4) is 0 Å². The zero-order chi connectivity index (χ0) is 13.4. The van der Waals surface area contributed by atoms with E-state index in [9.17, 15) is 14.9 Å². The number of carbonyl (C=O) groups excluding carboxylic acids is 1. The van der Waals surface area contributed by atoms with Crippen molar-refractivity contribution in [2.75, 3.05) is 7.11 Å². The van der Waals surface area contributed by atoms with Gasteiger partial charge in [-0.25, -0.2) is 4.79 Å². The molecule has 0 fully saturated rings. The Morgan fingerprint density at radius 2 is 2.28 bits per heavy atom. The predicted molar refractivity (Wildman–Crippen MR) is 66.4 cm³/mol. The Morgan fingerprint density at radius 3 is 2.83 bits per heavy atom. The number of halogens is 1. The largest absolute Gasteiger partial charge is 0.465 e. The zero-order valence-corrected chi connectivity index (χ0v) is 11.1. The first-order chi connectivity index (χ1) is 8.47. The molecule has 0 N–H and O–H groups in total. The normalized spacial score (nSPS) is 10.6. The quantitative estimate of drug-likeness (QED) is 0.481. The SMILES string of the molecule is COC(=O)c1cc([N+](=O)[O-])c2cnn(C)c2c1Br. The molecule has 1 heterocycles. The van der Waals surface area contributed by atoms with Gasteiger partial charge in [0.05, 0.1) is 39.2 Å². The molecule has 0 unspecified atom stereocenters. The van der Waals surface area contributed by atoms with Crippen LogP contribution in [0.4, 0.5) is 5.69 Å². The van der Waals surface area contributed by atoms with E-state index in [1.54, 1.807) is 7.05 Å². The molecule has 0 saturated heterocycles. The van der Waals surface area contributed by atoms with Crippen LogP contribution in [-0.2, 0) is 11.8 Å². The molecule has 0 aliphatic rings. The molecule has 0 spiro atoms. The molecule has 8 heteroatoms. The molecule has 2 aromatic rings. The summed E-state index contributed by atoms with van der Waals surface area (Å²) >= 11 is 3.25. The van der Waals surface area contributed by atoms with Crippen molar-refractivity contribution in [3.05, 3.63) is 32.4 Å². The van der Waals surface area contributed by atoms with Gasteiger partial charge >= 0.3 is 5.97 Å². The van der Waals surface area contributed by atoms with Gasteiger partial charge in [0.1, 0.15) is 0 Å². The van der Waals surface area contributed by atoms with Crippen LogP contribution in [0.1, 0.15) is 10.4 Å². The number of nitro groups is 1. The fourth-order valence-electron chi connectivity index (χ4n) is 1.70. The molecule has 1 aromatic carbocycles. The van der Waals surface area contributed by atoms with Crippen LogP contribution in [-0.4, -0.2) is 27.8 Å². The summed E-state index contributed by atoms with van der Waals surface area (Å²) in [6.07, 6.45) is 1.39. The maximum atomic E-state index is 11.6. The molecule has 0 radical (unpaired) electrons. The van der Waals surface area contributed by atoms with Crippen LogP contribution < -0.4 is 0 Å². The van der Waals surface area contributed by atoms with Gasteiger partial charge < -0.3 is 4.74 Å². The van der Waals surface area contributed by atoms with Crippen molar-refractivity contribution in [2.45, 2.75) is 0 Å². The number of hydrogen-bond acceptors (Lipinski definition) is 5. The van der Waals surface area contributed by atoms with E-state index in [1.807, 2.05) is 0 Å². The summed E-state index contributed by atoms with van der Waals surface area (Å²) in [4.78, 5) is 22.0. The standard InChI is InChI=1S/C10H8BrN3O4/c1-13-9-6(4-12-13)7(14(16)17)3-5(8(9)11)10(15)18-2/h3-4H,1-2H3. The van der Waals surface area contributed by atoms with Crippen LogP contribution in [0, 0.1) is 10.1 Å². The molecule has 0 aliphatic heterocycles. The van der Waals surface area contributed by atoms with E-state index in [0.29, 0.717) is 15.4 Å². The number of ether oxygens (including phenoxy) is 1. The highest BCUT2D eigenvalue weighted by atomic mass is 79.9. The van der Waals surface area contributed by atoms with Gasteiger partial charge in [0.15, 0.2) is 0 Å². The summed E-state index contributed by atoms with van der Waals surface area (Å²) in [6.45, 7) is 0. The second-order valence-corrected chi connectivity index (χ2v) is 4.33. The molecule has 0 aliphatic carbocycles. The lowest BCUT2D eigenvalue weighted by Gasteiger charge is -2.05. The first-order valence-electron chi connectivity index (χ1n) is 4.84. The van der Waals surface area contributed by atoms with Crippen LogP contribution in [0.5, 0.6) is 0 Å². The number of fused-ring (bicyclic) bond motifs is 1. The predicted octanol–water partition coefficient (Wildman–Crippen LogP) is 2.03. The van der Waals surface area contributed by atoms with E-state index in [2.05, 4.69) is 25.8 Å². The average molecular weight is 314 g/mol. The Kier molecular flexibility index (Phi) is 3.04. The highest BCUT2D eigenvalue weighted by Crippen LogP contribution is 2.34. The summed E-state index contributed by atoms with van der Waals surface area (Å²) < 4.78 is 6.48. The number of hydrogen-bond donors (Lipinski definition) is 0. The van der Waals surface area contributed by atoms with Crippen LogP contribution in [0.25, 0.3) is 10.9 Å². The maximum Gasteiger partial charge on any atom is 0.339 e. The van der Waals surface area contributed by atoms with Gasteiger partial charge in [0.2, 0.25) is 0 Å². The first kappa shape index (κ1) is 12.5. The molecular weight excluding hydrogens is 306 g/mol. The smallest absolute Gasteiger partial charge is 0.339 e. The van der Waals surface area contributed by atoms with Gasteiger partial charge in [0, 0.05) is 13.1 Å². The number of rotatable bonds is 2. The molecule has 0 amide bonds. The van der Waals surface area contributed by atoms with Gasteiger partial charge in [-0.2, -0.15) is 5.10 Å². The minimum Gasteiger partial charge on any atom is -0.465 e. The van der Waals surface area contributed by atoms with Gasteiger partial charge in [-0.3, -0.25) is 14.8 Å². The number of benzene rings is 1. The molecule has 0 bridgehead atoms. The van der Waals surface area contributed by atoms with Crippen LogP contribution in [0.3, 0.4) is 0 Å². The van der Waals surface area contributed by atoms with E-state index in [1.165, 1.54) is 24.1 Å². The van der Waals surface area contributed by atoms with E-state index < -0.39 is 10.9 Å². The van der Waals surface area contributed by atoms with Crippen molar-refractivity contribution < 1.29 is 14.5 Å². The number of non-ortho nitro benzene ring substituents is 1. The maximum absolute atomic E-state index is 11.6. The van der Waals surface area contributed by atoms with Crippen LogP contribution >= 0.6 is 15.9 Å². The Balaban J connectivity index is 2.90. The highest BCUT2D eigenvalue weighted by Gasteiger charge is 2.24. The molecule has 0 atom stereocenters. The second kappa shape index (κ2) is 4.37. The molecule has 18 heavy (non-hydrogen) atoms. The minimum atomic E-state index is -0.645. The third-order valence-electron chi connectivity index (χ3n) is 2.54. The molecule has 2 rings (SSSR count). The molecular formula is C10H8BrN3O4. The lowest BCUT2D eigenvalue weighted by atomic mass is 10.1. The van der Waals surface area contributed by atoms with Crippen LogP contribution in [0.2, 0.25) is 0 Å². The molecule has 94 valence electrons. The Hall–Kier alpha value is -1.96. The number of aromatic nitrogens is 2. The summed E-state index contributed by atoms with van der Waals surface area (Å²) in [5.41, 5.74) is 0.395. The molecule has 7 nitrogen and oxygen atoms in total. The van der Waals surface area contributed by atoms with Gasteiger partial charge in [0.25, 0.3) is 5.69 Å². The average Bonchev–Trinajstić information content (AvgIpc) is 2.71. The van der Waals surface area contributed by atoms with E-state index in [0.717, 1.165) is 0 Å². The highest BCUT2D eigenvalue weighted by molar-refractivity contribution is 9.10. The van der Waals surface area contributed by atoms with E-state index in [-0.39, 0.29) is 11.3 Å². The van der Waals surface area contributed by atoms with Crippen molar-refractivity contribution in [3.63, 3.8) is 0 Å². The Labute approximate surface area is 110 Å². The topological polar surface area (TPSA) is 87.3 Å². The molecule has 0 saturated carbocycles. The second-order valence-electron chi connectivity index (χ2n) is 3.54. The summed E-state index contributed by atoms with van der Waals surface area (Å²) in [6, 6.07) is 1.18. The van der Waals surface area contributed by atoms with Gasteiger partial charge in [-0.15, -0.1) is 0 Å². The lowest BCUT2D eigenvalue weighted by molar-refractivity contribution is -0.383. The van der Waals surface area contributed by atoms with Crippen molar-refractivity contribution >= 4 is 38.5 Å². The summed E-state index contributed by atoms with van der Waals surface area (Å²) in [5.74, 6) is -0.645. The number of esters is 1. The van der Waals surface area contributed by atoms with Crippen molar-refractivity contribution in [2.24, 2.45) is 7.05 Å². The number of aryl methyl sites for hydroxylation is 1. The third kappa shape index (κ3) is 1.74.